The van der Waals surface area contributed by atoms with Crippen LogP contribution in [0.15, 0.2) is 104 Å². The molecule has 0 aliphatic rings. The van der Waals surface area contributed by atoms with Gasteiger partial charge in [0.25, 0.3) is 0 Å². The molecule has 4 aromatic rings. The fourth-order valence-corrected chi connectivity index (χ4v) is 3.40. The van der Waals surface area contributed by atoms with Gasteiger partial charge in [0.05, 0.1) is 0 Å². The Balaban J connectivity index is -0.0000000814. The van der Waals surface area contributed by atoms with Crippen LogP contribution in [0.4, 0.5) is 0 Å². The monoisotopic (exact) mass is 780 g/mol. The Kier molecular flexibility index (Phi) is 60.2. The molecule has 0 bridgehead atoms. The summed E-state index contributed by atoms with van der Waals surface area (Å²) in [5.74, 6) is 0. The highest BCUT2D eigenvalue weighted by Gasteiger charge is 2.14. The first-order chi connectivity index (χ1) is 26.4. The van der Waals surface area contributed by atoms with E-state index >= 15 is 0 Å². The molecular weight excluding hydrogens is 679 g/mol. The van der Waals surface area contributed by atoms with Crippen molar-refractivity contribution in [2.24, 2.45) is 0 Å². The van der Waals surface area contributed by atoms with Crippen LogP contribution in [0, 0.1) is 0 Å². The lowest BCUT2D eigenvalue weighted by Gasteiger charge is -2.18. The Bertz CT molecular complexity index is 979. The van der Waals surface area contributed by atoms with Crippen LogP contribution in [-0.2, 0) is 21.7 Å². The van der Waals surface area contributed by atoms with E-state index in [2.05, 4.69) is 153 Å². The summed E-state index contributed by atoms with van der Waals surface area (Å²) in [7, 11) is 0. The quantitative estimate of drug-likeness (QED) is 0.178. The zero-order valence-electron chi connectivity index (χ0n) is 43.2. The van der Waals surface area contributed by atoms with E-state index in [-0.39, 0.29) is 16.2 Å². The molecule has 0 amide bonds. The van der Waals surface area contributed by atoms with Gasteiger partial charge in [-0.25, -0.2) is 0 Å². The zero-order valence-corrected chi connectivity index (χ0v) is 43.2. The van der Waals surface area contributed by atoms with E-state index in [1.807, 2.05) is 154 Å². The Morgan fingerprint density at radius 3 is 0.839 bits per heavy atom. The molecule has 56 heavy (non-hydrogen) atoms. The van der Waals surface area contributed by atoms with Crippen LogP contribution in [0.1, 0.15) is 216 Å². The minimum Gasteiger partial charge on any atom is -0.265 e. The number of benzene rings is 1. The van der Waals surface area contributed by atoms with Gasteiger partial charge in [-0.1, -0.05) is 236 Å². The largest absolute Gasteiger partial charge is 0.265 e. The van der Waals surface area contributed by atoms with Gasteiger partial charge in [-0.2, -0.15) is 0 Å². The Labute approximate surface area is 355 Å². The molecule has 0 spiro atoms. The van der Waals surface area contributed by atoms with Gasteiger partial charge in [-0.05, 0) is 63.3 Å². The molecule has 0 aliphatic carbocycles. The molecule has 3 heterocycles. The SMILES string of the molecule is CC.CC.CC.CC.CC.CC.CC.CC.CC(C)(C)c1ccccc1.CC(C)(C)c1ccccn1.CC(C)(C)c1cccnc1.CC(C)(C)c1ccncc1. The van der Waals surface area contributed by atoms with Crippen LogP contribution in [0.3, 0.4) is 0 Å². The summed E-state index contributed by atoms with van der Waals surface area (Å²) in [6, 6.07) is 24.8. The second kappa shape index (κ2) is 47.8. The van der Waals surface area contributed by atoms with Crippen molar-refractivity contribution >= 4 is 0 Å². The summed E-state index contributed by atoms with van der Waals surface area (Å²) in [5.41, 5.74) is 6.13. The predicted octanol–water partition coefficient (Wildman–Crippen LogP) is 18.3. The van der Waals surface area contributed by atoms with Crippen molar-refractivity contribution in [3.63, 3.8) is 0 Å². The zero-order chi connectivity index (χ0) is 46.5. The van der Waals surface area contributed by atoms with Gasteiger partial charge in [0.2, 0.25) is 0 Å². The van der Waals surface area contributed by atoms with Gasteiger partial charge >= 0.3 is 0 Å². The van der Waals surface area contributed by atoms with E-state index in [1.165, 1.54) is 16.7 Å². The van der Waals surface area contributed by atoms with Gasteiger partial charge in [0.1, 0.15) is 0 Å². The van der Waals surface area contributed by atoms with Crippen LogP contribution in [0.25, 0.3) is 0 Å². The molecule has 1 aromatic carbocycles. The second-order valence-corrected chi connectivity index (χ2v) is 14.1. The lowest BCUT2D eigenvalue weighted by atomic mass is 9.87. The number of rotatable bonds is 0. The van der Waals surface area contributed by atoms with E-state index < -0.39 is 0 Å². The van der Waals surface area contributed by atoms with Crippen molar-refractivity contribution in [2.75, 3.05) is 0 Å². The average Bonchev–Trinajstić information content (AvgIpc) is 3.25. The Morgan fingerprint density at radius 2 is 0.625 bits per heavy atom. The molecule has 0 fully saturated rings. The molecular formula is C53H101N3. The minimum atomic E-state index is 0.182. The summed E-state index contributed by atoms with van der Waals surface area (Å²) < 4.78 is 0. The summed E-state index contributed by atoms with van der Waals surface area (Å²) in [6.07, 6.45) is 9.22. The number of nitrogens with zero attached hydrogens (tertiary/aromatic N) is 3. The van der Waals surface area contributed by atoms with Gasteiger partial charge in [0, 0.05) is 42.1 Å². The van der Waals surface area contributed by atoms with Gasteiger partial charge in [0.15, 0.2) is 0 Å². The summed E-state index contributed by atoms with van der Waals surface area (Å²) in [6.45, 7) is 58.3. The maximum absolute atomic E-state index is 4.25. The summed E-state index contributed by atoms with van der Waals surface area (Å²) >= 11 is 0. The van der Waals surface area contributed by atoms with Crippen molar-refractivity contribution in [1.29, 1.82) is 0 Å². The van der Waals surface area contributed by atoms with Crippen molar-refractivity contribution < 1.29 is 0 Å². The molecule has 3 aromatic heterocycles. The normalized spacial score (nSPS) is 9.07. The standard InChI is InChI=1S/C10H14.3C9H13N.8C2H6/c1-10(2,3)9-7-5-4-6-8-9;1-9(2,3)8-4-6-10-7-5-8;1-9(2,3)8-5-4-6-10-7-8;1-9(2,3)8-6-4-5-7-10-8;8*1-2/h4-8H,1-3H3;3*4-7H,1-3H3;8*1-2H3. The van der Waals surface area contributed by atoms with E-state index in [0.29, 0.717) is 5.41 Å². The van der Waals surface area contributed by atoms with E-state index in [1.54, 1.807) is 6.20 Å². The molecule has 0 atom stereocenters. The minimum absolute atomic E-state index is 0.182. The first kappa shape index (κ1) is 70.5. The molecule has 3 nitrogen and oxygen atoms in total. The third-order valence-electron chi connectivity index (χ3n) is 6.15. The maximum Gasteiger partial charge on any atom is 0.0457 e. The van der Waals surface area contributed by atoms with Crippen LogP contribution in [-0.4, -0.2) is 15.0 Å². The highest BCUT2D eigenvalue weighted by atomic mass is 14.7. The van der Waals surface area contributed by atoms with Crippen LogP contribution >= 0.6 is 0 Å². The average molecular weight is 780 g/mol. The summed E-state index contributed by atoms with van der Waals surface area (Å²) in [4.78, 5) is 12.3. The molecule has 328 valence electrons. The molecule has 0 radical (unpaired) electrons. The van der Waals surface area contributed by atoms with Crippen molar-refractivity contribution in [3.8, 4) is 0 Å². The van der Waals surface area contributed by atoms with Crippen LogP contribution < -0.4 is 0 Å². The number of hydrogen-bond donors (Lipinski definition) is 0. The van der Waals surface area contributed by atoms with Gasteiger partial charge in [-0.15, -0.1) is 0 Å². The predicted molar refractivity (Wildman–Crippen MR) is 265 cm³/mol. The molecule has 0 saturated carbocycles. The van der Waals surface area contributed by atoms with Crippen LogP contribution in [0.2, 0.25) is 0 Å². The lowest BCUT2D eigenvalue weighted by molar-refractivity contribution is 0.569. The molecule has 4 rings (SSSR count). The number of pyridine rings is 3. The molecule has 3 heteroatoms. The highest BCUT2D eigenvalue weighted by molar-refractivity contribution is 5.22. The first-order valence-electron chi connectivity index (χ1n) is 22.2. The highest BCUT2D eigenvalue weighted by Crippen LogP contribution is 2.22. The van der Waals surface area contributed by atoms with E-state index in [0.717, 1.165) is 5.69 Å². The van der Waals surface area contributed by atoms with Crippen LogP contribution in [0.5, 0.6) is 0 Å². The Hall–Kier alpha value is -3.33. The number of aromatic nitrogens is 3. The maximum atomic E-state index is 4.25. The first-order valence-corrected chi connectivity index (χ1v) is 22.2. The molecule has 0 aliphatic heterocycles. The van der Waals surface area contributed by atoms with Gasteiger partial charge < -0.3 is 0 Å². The van der Waals surface area contributed by atoms with E-state index in [4.69, 9.17) is 0 Å². The fraction of sp³-hybridized carbons (Fsp3) is 0.604. The van der Waals surface area contributed by atoms with Crippen molar-refractivity contribution in [1.82, 2.24) is 15.0 Å². The Morgan fingerprint density at radius 1 is 0.286 bits per heavy atom. The third kappa shape index (κ3) is 45.1. The van der Waals surface area contributed by atoms with Gasteiger partial charge in [-0.3, -0.25) is 15.0 Å². The summed E-state index contributed by atoms with van der Waals surface area (Å²) in [5, 5.41) is 0. The second-order valence-electron chi connectivity index (χ2n) is 14.1. The smallest absolute Gasteiger partial charge is 0.0457 e. The molecule has 0 unspecified atom stereocenters. The topological polar surface area (TPSA) is 38.7 Å². The fourth-order valence-electron chi connectivity index (χ4n) is 3.40. The van der Waals surface area contributed by atoms with Crippen molar-refractivity contribution in [2.45, 2.75) is 216 Å². The molecule has 0 saturated heterocycles. The number of hydrogen-bond acceptors (Lipinski definition) is 3. The lowest BCUT2D eigenvalue weighted by Crippen LogP contribution is -2.12. The van der Waals surface area contributed by atoms with Crippen molar-refractivity contribution in [3.05, 3.63) is 126 Å². The third-order valence-corrected chi connectivity index (χ3v) is 6.15. The molecule has 0 N–H and O–H groups in total. The van der Waals surface area contributed by atoms with E-state index in [9.17, 15) is 0 Å².